The summed E-state index contributed by atoms with van der Waals surface area (Å²) >= 11 is 0. The van der Waals surface area contributed by atoms with Crippen LogP contribution in [0.4, 0.5) is 0 Å². The van der Waals surface area contributed by atoms with Crippen molar-refractivity contribution in [3.8, 4) is 0 Å². The summed E-state index contributed by atoms with van der Waals surface area (Å²) in [6, 6.07) is 26.2. The summed E-state index contributed by atoms with van der Waals surface area (Å²) < 4.78 is 11.1. The lowest BCUT2D eigenvalue weighted by Gasteiger charge is -2.20. The summed E-state index contributed by atoms with van der Waals surface area (Å²) in [5.41, 5.74) is 3.87. The van der Waals surface area contributed by atoms with E-state index in [2.05, 4.69) is 60.8 Å². The molecule has 0 saturated heterocycles. The number of carbonyl (C=O) groups is 1. The van der Waals surface area contributed by atoms with Crippen LogP contribution in [0.5, 0.6) is 0 Å². The van der Waals surface area contributed by atoms with Crippen molar-refractivity contribution < 1.29 is 18.5 Å². The largest absolute Gasteiger partial charge is 0.467 e. The van der Waals surface area contributed by atoms with Crippen molar-refractivity contribution >= 4 is 5.91 Å². The second kappa shape index (κ2) is 9.96. The molecular formula is C26H27N2O3+. The van der Waals surface area contributed by atoms with Gasteiger partial charge in [0.25, 0.3) is 5.91 Å². The molecule has 0 saturated carbocycles. The zero-order valence-electron chi connectivity index (χ0n) is 17.6. The molecule has 0 aliphatic carbocycles. The van der Waals surface area contributed by atoms with Gasteiger partial charge in [0.2, 0.25) is 0 Å². The summed E-state index contributed by atoms with van der Waals surface area (Å²) in [5.74, 6) is 1.57. The number of rotatable bonds is 9. The number of quaternary nitrogens is 1. The van der Waals surface area contributed by atoms with Gasteiger partial charge in [-0.25, -0.2) is 0 Å². The molecule has 0 aliphatic rings. The summed E-state index contributed by atoms with van der Waals surface area (Å²) in [4.78, 5) is 13.8. The van der Waals surface area contributed by atoms with E-state index in [4.69, 9.17) is 8.83 Å². The standard InChI is InChI=1S/C26H26N2O3/c1-20-8-5-6-11-22(20)18-28(17-21-9-3-2-4-10-21)19-24-13-14-25(31-24)26(29)27-16-23-12-7-15-30-23/h2-15H,16-19H2,1H3,(H,27,29)/p+1. The Hall–Kier alpha value is -3.57. The zero-order valence-corrected chi connectivity index (χ0v) is 17.6. The third kappa shape index (κ3) is 5.74. The highest BCUT2D eigenvalue weighted by Gasteiger charge is 2.17. The van der Waals surface area contributed by atoms with Crippen molar-refractivity contribution in [2.24, 2.45) is 0 Å². The van der Waals surface area contributed by atoms with Gasteiger partial charge in [0, 0.05) is 11.1 Å². The number of benzene rings is 2. The van der Waals surface area contributed by atoms with Gasteiger partial charge in [-0.15, -0.1) is 0 Å². The van der Waals surface area contributed by atoms with Gasteiger partial charge in [-0.3, -0.25) is 4.79 Å². The molecule has 0 bridgehead atoms. The Kier molecular flexibility index (Phi) is 6.65. The monoisotopic (exact) mass is 415 g/mol. The van der Waals surface area contributed by atoms with Gasteiger partial charge in [0.15, 0.2) is 11.5 Å². The minimum absolute atomic E-state index is 0.244. The molecule has 0 fully saturated rings. The SMILES string of the molecule is Cc1ccccc1C[NH+](Cc1ccccc1)Cc1ccc(C(=O)NCc2ccco2)o1. The van der Waals surface area contributed by atoms with E-state index < -0.39 is 0 Å². The average Bonchev–Trinajstić information content (AvgIpc) is 3.47. The minimum Gasteiger partial charge on any atom is -0.467 e. The van der Waals surface area contributed by atoms with Gasteiger partial charge < -0.3 is 19.1 Å². The average molecular weight is 416 g/mol. The van der Waals surface area contributed by atoms with E-state index in [1.807, 2.05) is 18.2 Å². The fourth-order valence-corrected chi connectivity index (χ4v) is 3.66. The van der Waals surface area contributed by atoms with E-state index in [1.165, 1.54) is 21.6 Å². The van der Waals surface area contributed by atoms with Crippen molar-refractivity contribution in [2.45, 2.75) is 33.1 Å². The summed E-state index contributed by atoms with van der Waals surface area (Å²) in [6.45, 7) is 4.91. The fourth-order valence-electron chi connectivity index (χ4n) is 3.66. The van der Waals surface area contributed by atoms with Crippen LogP contribution in [0.25, 0.3) is 0 Å². The number of amides is 1. The molecule has 0 aliphatic heterocycles. The molecule has 2 aromatic heterocycles. The number of hydrogen-bond donors (Lipinski definition) is 2. The first-order chi connectivity index (χ1) is 15.2. The molecule has 1 atom stereocenters. The van der Waals surface area contributed by atoms with E-state index in [1.54, 1.807) is 18.4 Å². The molecule has 5 nitrogen and oxygen atoms in total. The van der Waals surface area contributed by atoms with E-state index in [0.717, 1.165) is 18.8 Å². The van der Waals surface area contributed by atoms with E-state index >= 15 is 0 Å². The van der Waals surface area contributed by atoms with E-state index in [9.17, 15) is 4.79 Å². The first-order valence-electron chi connectivity index (χ1n) is 10.5. The van der Waals surface area contributed by atoms with Gasteiger partial charge in [-0.2, -0.15) is 0 Å². The maximum atomic E-state index is 12.4. The van der Waals surface area contributed by atoms with Crippen LogP contribution in [-0.4, -0.2) is 5.91 Å². The van der Waals surface area contributed by atoms with Gasteiger partial charge >= 0.3 is 0 Å². The van der Waals surface area contributed by atoms with E-state index in [-0.39, 0.29) is 5.91 Å². The molecule has 4 aromatic rings. The molecular weight excluding hydrogens is 388 g/mol. The van der Waals surface area contributed by atoms with Crippen molar-refractivity contribution in [1.29, 1.82) is 0 Å². The maximum Gasteiger partial charge on any atom is 0.287 e. The van der Waals surface area contributed by atoms with Crippen molar-refractivity contribution in [3.63, 3.8) is 0 Å². The highest BCUT2D eigenvalue weighted by atomic mass is 16.4. The van der Waals surface area contributed by atoms with Crippen LogP contribution in [0.2, 0.25) is 0 Å². The lowest BCUT2D eigenvalue weighted by molar-refractivity contribution is -0.942. The second-order valence-corrected chi connectivity index (χ2v) is 7.72. The van der Waals surface area contributed by atoms with Crippen molar-refractivity contribution in [3.05, 3.63) is 119 Å². The lowest BCUT2D eigenvalue weighted by Crippen LogP contribution is -3.08. The first kappa shape index (κ1) is 20.7. The molecule has 31 heavy (non-hydrogen) atoms. The Morgan fingerprint density at radius 2 is 1.65 bits per heavy atom. The molecule has 1 unspecified atom stereocenters. The van der Waals surface area contributed by atoms with Crippen LogP contribution in [0.1, 0.15) is 38.8 Å². The number of carbonyl (C=O) groups excluding carboxylic acids is 1. The topological polar surface area (TPSA) is 59.8 Å². The Labute approximate surface area is 182 Å². The normalized spacial score (nSPS) is 11.9. The molecule has 2 aromatic carbocycles. The predicted octanol–water partition coefficient (Wildman–Crippen LogP) is 3.90. The third-order valence-corrected chi connectivity index (χ3v) is 5.31. The summed E-state index contributed by atoms with van der Waals surface area (Å²) in [5, 5.41) is 2.82. The molecule has 4 rings (SSSR count). The Balaban J connectivity index is 1.44. The molecule has 0 radical (unpaired) electrons. The quantitative estimate of drug-likeness (QED) is 0.436. The molecule has 5 heteroatoms. The number of nitrogens with one attached hydrogen (secondary N) is 2. The number of furan rings is 2. The Morgan fingerprint density at radius 1 is 0.839 bits per heavy atom. The Morgan fingerprint density at radius 3 is 2.42 bits per heavy atom. The van der Waals surface area contributed by atoms with E-state index in [0.29, 0.717) is 24.6 Å². The molecule has 1 amide bonds. The van der Waals surface area contributed by atoms with Crippen LogP contribution in [-0.2, 0) is 26.2 Å². The molecule has 2 heterocycles. The van der Waals surface area contributed by atoms with Crippen LogP contribution in [0.15, 0.2) is 94.0 Å². The second-order valence-electron chi connectivity index (χ2n) is 7.72. The lowest BCUT2D eigenvalue weighted by atomic mass is 10.1. The number of aryl methyl sites for hydroxylation is 1. The highest BCUT2D eigenvalue weighted by molar-refractivity contribution is 5.91. The van der Waals surface area contributed by atoms with Gasteiger partial charge in [0.05, 0.1) is 12.8 Å². The van der Waals surface area contributed by atoms with Crippen LogP contribution < -0.4 is 10.2 Å². The van der Waals surface area contributed by atoms with Crippen LogP contribution >= 0.6 is 0 Å². The van der Waals surface area contributed by atoms with Gasteiger partial charge in [-0.05, 0) is 36.8 Å². The first-order valence-corrected chi connectivity index (χ1v) is 10.5. The summed E-state index contributed by atoms with van der Waals surface area (Å²) in [7, 11) is 0. The smallest absolute Gasteiger partial charge is 0.287 e. The van der Waals surface area contributed by atoms with Gasteiger partial charge in [0.1, 0.15) is 25.4 Å². The minimum atomic E-state index is -0.244. The van der Waals surface area contributed by atoms with Crippen molar-refractivity contribution in [2.75, 3.05) is 0 Å². The third-order valence-electron chi connectivity index (χ3n) is 5.31. The summed E-state index contributed by atoms with van der Waals surface area (Å²) in [6.07, 6.45) is 1.59. The Bertz CT molecular complexity index is 1100. The van der Waals surface area contributed by atoms with Crippen LogP contribution in [0, 0.1) is 6.92 Å². The van der Waals surface area contributed by atoms with Crippen molar-refractivity contribution in [1.82, 2.24) is 5.32 Å². The number of hydrogen-bond acceptors (Lipinski definition) is 3. The maximum absolute atomic E-state index is 12.4. The highest BCUT2D eigenvalue weighted by Crippen LogP contribution is 2.10. The predicted molar refractivity (Wildman–Crippen MR) is 118 cm³/mol. The zero-order chi connectivity index (χ0) is 21.5. The van der Waals surface area contributed by atoms with Gasteiger partial charge in [-0.1, -0.05) is 54.6 Å². The molecule has 0 spiro atoms. The fraction of sp³-hybridized carbons (Fsp3) is 0.192. The van der Waals surface area contributed by atoms with Crippen LogP contribution in [0.3, 0.4) is 0 Å². The molecule has 2 N–H and O–H groups in total. The molecule has 158 valence electrons.